The predicted octanol–water partition coefficient (Wildman–Crippen LogP) is 0.564. The topological polar surface area (TPSA) is 38.7 Å². The molecule has 2 atom stereocenters. The fraction of sp³-hybridized carbons (Fsp3) is 1.00. The highest BCUT2D eigenvalue weighted by Crippen LogP contribution is 2.35. The van der Waals surface area contributed by atoms with Crippen LogP contribution in [-0.4, -0.2) is 37.1 Å². The molecule has 2 heterocycles. The van der Waals surface area contributed by atoms with Crippen LogP contribution in [0.2, 0.25) is 0 Å². The largest absolute Gasteiger partial charge is 0.396 e. The van der Waals surface area contributed by atoms with Gasteiger partial charge in [0.05, 0.1) is 12.2 Å². The molecule has 0 radical (unpaired) electrons. The molecule has 0 amide bonds. The van der Waals surface area contributed by atoms with Crippen LogP contribution >= 0.6 is 0 Å². The van der Waals surface area contributed by atoms with Crippen LogP contribution < -0.4 is 0 Å². The van der Waals surface area contributed by atoms with Gasteiger partial charge in [-0.1, -0.05) is 0 Å². The van der Waals surface area contributed by atoms with Crippen molar-refractivity contribution in [3.63, 3.8) is 0 Å². The third kappa shape index (κ3) is 1.49. The first-order valence-corrected chi connectivity index (χ1v) is 4.67. The van der Waals surface area contributed by atoms with E-state index in [9.17, 15) is 0 Å². The van der Waals surface area contributed by atoms with Crippen LogP contribution in [0.25, 0.3) is 0 Å². The lowest BCUT2D eigenvalue weighted by Gasteiger charge is -2.36. The lowest BCUT2D eigenvalue weighted by Crippen LogP contribution is -2.41. The molecular weight excluding hydrogens is 156 g/mol. The summed E-state index contributed by atoms with van der Waals surface area (Å²) >= 11 is 0. The number of hydrogen-bond acceptors (Lipinski definition) is 3. The molecule has 3 heteroatoms. The zero-order chi connectivity index (χ0) is 8.44. The van der Waals surface area contributed by atoms with E-state index in [1.54, 1.807) is 0 Å². The Kier molecular flexibility index (Phi) is 2.35. The van der Waals surface area contributed by atoms with Crippen LogP contribution in [0.15, 0.2) is 0 Å². The molecule has 0 bridgehead atoms. The Morgan fingerprint density at radius 1 is 1.42 bits per heavy atom. The van der Waals surface area contributed by atoms with Crippen molar-refractivity contribution in [3.05, 3.63) is 0 Å². The molecule has 2 rings (SSSR count). The summed E-state index contributed by atoms with van der Waals surface area (Å²) < 4.78 is 11.0. The number of aliphatic hydroxyl groups excluding tert-OH is 1. The second kappa shape index (κ2) is 3.32. The molecule has 70 valence electrons. The minimum absolute atomic E-state index is 0.0361. The average molecular weight is 172 g/mol. The minimum atomic E-state index is -0.0361. The van der Waals surface area contributed by atoms with Gasteiger partial charge in [0.25, 0.3) is 0 Å². The van der Waals surface area contributed by atoms with Crippen LogP contribution in [0.5, 0.6) is 0 Å². The fourth-order valence-corrected chi connectivity index (χ4v) is 2.15. The maximum Gasteiger partial charge on any atom is 0.0940 e. The Morgan fingerprint density at radius 3 is 3.00 bits per heavy atom. The number of aliphatic hydroxyl groups is 1. The molecule has 2 aliphatic rings. The van der Waals surface area contributed by atoms with E-state index in [-0.39, 0.29) is 5.60 Å². The van der Waals surface area contributed by atoms with Crippen molar-refractivity contribution in [3.8, 4) is 0 Å². The molecule has 1 spiro atoms. The van der Waals surface area contributed by atoms with Gasteiger partial charge in [-0.3, -0.25) is 0 Å². The smallest absolute Gasteiger partial charge is 0.0940 e. The lowest BCUT2D eigenvalue weighted by molar-refractivity contribution is -0.104. The van der Waals surface area contributed by atoms with E-state index in [0.29, 0.717) is 12.5 Å². The van der Waals surface area contributed by atoms with Gasteiger partial charge < -0.3 is 14.6 Å². The van der Waals surface area contributed by atoms with E-state index in [4.69, 9.17) is 14.6 Å². The van der Waals surface area contributed by atoms with Crippen molar-refractivity contribution in [1.29, 1.82) is 0 Å². The molecule has 1 N–H and O–H groups in total. The zero-order valence-electron chi connectivity index (χ0n) is 7.29. The van der Waals surface area contributed by atoms with Gasteiger partial charge >= 0.3 is 0 Å². The van der Waals surface area contributed by atoms with E-state index in [1.165, 1.54) is 0 Å². The molecule has 2 saturated heterocycles. The number of hydrogen-bond donors (Lipinski definition) is 1. The first kappa shape index (κ1) is 8.48. The van der Waals surface area contributed by atoms with Gasteiger partial charge in [0.15, 0.2) is 0 Å². The Balaban J connectivity index is 1.97. The van der Waals surface area contributed by atoms with Crippen molar-refractivity contribution in [2.24, 2.45) is 5.92 Å². The molecule has 12 heavy (non-hydrogen) atoms. The molecule has 0 aromatic carbocycles. The average Bonchev–Trinajstić information content (AvgIpc) is 2.53. The molecule has 0 aromatic heterocycles. The molecular formula is C9H16O3. The van der Waals surface area contributed by atoms with Crippen molar-refractivity contribution in [1.82, 2.24) is 0 Å². The standard InChI is InChI=1S/C9H16O3/c10-6-8-1-3-12-9(5-8)2-4-11-7-9/h8,10H,1-7H2. The SMILES string of the molecule is OCC1CCOC2(CCOC2)C1. The van der Waals surface area contributed by atoms with E-state index < -0.39 is 0 Å². The van der Waals surface area contributed by atoms with Crippen molar-refractivity contribution in [2.45, 2.75) is 24.9 Å². The summed E-state index contributed by atoms with van der Waals surface area (Å²) in [5.41, 5.74) is -0.0361. The Bertz CT molecular complexity index is 152. The normalized spacial score (nSPS) is 42.2. The zero-order valence-corrected chi connectivity index (χ0v) is 7.29. The van der Waals surface area contributed by atoms with Crippen molar-refractivity contribution in [2.75, 3.05) is 26.4 Å². The third-order valence-corrected chi connectivity index (χ3v) is 2.92. The van der Waals surface area contributed by atoms with Gasteiger partial charge in [-0.2, -0.15) is 0 Å². The van der Waals surface area contributed by atoms with Crippen molar-refractivity contribution >= 4 is 0 Å². The van der Waals surface area contributed by atoms with Crippen LogP contribution in [-0.2, 0) is 9.47 Å². The molecule has 2 aliphatic heterocycles. The van der Waals surface area contributed by atoms with Gasteiger partial charge in [-0.15, -0.1) is 0 Å². The van der Waals surface area contributed by atoms with E-state index in [1.807, 2.05) is 0 Å². The van der Waals surface area contributed by atoms with Crippen LogP contribution in [0.4, 0.5) is 0 Å². The maximum absolute atomic E-state index is 9.04. The Labute approximate surface area is 72.7 Å². The highest BCUT2D eigenvalue weighted by Gasteiger charge is 2.40. The first-order valence-electron chi connectivity index (χ1n) is 4.67. The summed E-state index contributed by atoms with van der Waals surface area (Å²) in [7, 11) is 0. The Morgan fingerprint density at radius 2 is 2.33 bits per heavy atom. The Hall–Kier alpha value is -0.120. The third-order valence-electron chi connectivity index (χ3n) is 2.92. The summed E-state index contributed by atoms with van der Waals surface area (Å²) in [6.45, 7) is 2.63. The van der Waals surface area contributed by atoms with Gasteiger partial charge in [0.1, 0.15) is 0 Å². The van der Waals surface area contributed by atoms with E-state index in [0.717, 1.165) is 39.1 Å². The molecule has 3 nitrogen and oxygen atoms in total. The van der Waals surface area contributed by atoms with Crippen LogP contribution in [0.1, 0.15) is 19.3 Å². The highest BCUT2D eigenvalue weighted by molar-refractivity contribution is 4.89. The van der Waals surface area contributed by atoms with Gasteiger partial charge in [-0.25, -0.2) is 0 Å². The van der Waals surface area contributed by atoms with Gasteiger partial charge in [0, 0.05) is 26.2 Å². The van der Waals surface area contributed by atoms with Crippen molar-refractivity contribution < 1.29 is 14.6 Å². The molecule has 2 unspecified atom stereocenters. The molecule has 2 fully saturated rings. The summed E-state index contributed by atoms with van der Waals surface area (Å²) in [4.78, 5) is 0. The maximum atomic E-state index is 9.04. The van der Waals surface area contributed by atoms with Gasteiger partial charge in [0.2, 0.25) is 0 Å². The van der Waals surface area contributed by atoms with Crippen LogP contribution in [0.3, 0.4) is 0 Å². The molecule has 0 aliphatic carbocycles. The number of ether oxygens (including phenoxy) is 2. The quantitative estimate of drug-likeness (QED) is 0.628. The van der Waals surface area contributed by atoms with E-state index in [2.05, 4.69) is 0 Å². The highest BCUT2D eigenvalue weighted by atomic mass is 16.6. The second-order valence-electron chi connectivity index (χ2n) is 3.88. The minimum Gasteiger partial charge on any atom is -0.396 e. The predicted molar refractivity (Wildman–Crippen MR) is 43.9 cm³/mol. The molecule has 0 aromatic rings. The van der Waals surface area contributed by atoms with Crippen LogP contribution in [0, 0.1) is 5.92 Å². The summed E-state index contributed by atoms with van der Waals surface area (Å²) in [5.74, 6) is 0.431. The van der Waals surface area contributed by atoms with E-state index >= 15 is 0 Å². The van der Waals surface area contributed by atoms with Gasteiger partial charge in [-0.05, 0) is 18.8 Å². The fourth-order valence-electron chi connectivity index (χ4n) is 2.15. The monoisotopic (exact) mass is 172 g/mol. The summed E-state index contributed by atoms with van der Waals surface area (Å²) in [5, 5.41) is 9.04. The summed E-state index contributed by atoms with van der Waals surface area (Å²) in [6.07, 6.45) is 2.98. The summed E-state index contributed by atoms with van der Waals surface area (Å²) in [6, 6.07) is 0. The first-order chi connectivity index (χ1) is 5.85. The molecule has 0 saturated carbocycles. The number of rotatable bonds is 1. The lowest BCUT2D eigenvalue weighted by atomic mass is 9.86. The second-order valence-corrected chi connectivity index (χ2v) is 3.88.